The van der Waals surface area contributed by atoms with Crippen LogP contribution in [-0.2, 0) is 22.6 Å². The number of methoxy groups -OCH3 is 1. The van der Waals surface area contributed by atoms with Crippen molar-refractivity contribution in [2.75, 3.05) is 7.11 Å². The zero-order chi connectivity index (χ0) is 17.1. The van der Waals surface area contributed by atoms with Gasteiger partial charge in [0.15, 0.2) is 0 Å². The largest absolute Gasteiger partial charge is 0.507 e. The Labute approximate surface area is 140 Å². The van der Waals surface area contributed by atoms with Crippen molar-refractivity contribution < 1.29 is 29.3 Å². The van der Waals surface area contributed by atoms with Crippen molar-refractivity contribution in [3.8, 4) is 11.5 Å². The standard InChI is InChI=1S/C17H20O6.H3N/c1-9(5-7-13(18)19)4-6-11-15(20)14-12(8-23-17(14)21)10(2)16(11)22-3;/h4,20H,5-8H2,1-3H3,(H,18,19);1H3/b9-4+;. The molecule has 2 rings (SSSR count). The van der Waals surface area contributed by atoms with Gasteiger partial charge in [-0.15, -0.1) is 0 Å². The van der Waals surface area contributed by atoms with E-state index in [4.69, 9.17) is 14.6 Å². The smallest absolute Gasteiger partial charge is 0.342 e. The van der Waals surface area contributed by atoms with Gasteiger partial charge in [0.1, 0.15) is 23.7 Å². The minimum Gasteiger partial charge on any atom is -0.507 e. The van der Waals surface area contributed by atoms with Gasteiger partial charge >= 0.3 is 11.9 Å². The van der Waals surface area contributed by atoms with E-state index < -0.39 is 11.9 Å². The predicted molar refractivity (Wildman–Crippen MR) is 87.9 cm³/mol. The molecule has 1 heterocycles. The predicted octanol–water partition coefficient (Wildman–Crippen LogP) is 2.90. The number of rotatable bonds is 6. The third-order valence-electron chi connectivity index (χ3n) is 4.04. The number of hydrogen-bond acceptors (Lipinski definition) is 6. The summed E-state index contributed by atoms with van der Waals surface area (Å²) in [6, 6.07) is 0. The minimum atomic E-state index is -0.853. The summed E-state index contributed by atoms with van der Waals surface area (Å²) in [5, 5.41) is 19.1. The van der Waals surface area contributed by atoms with Gasteiger partial charge in [-0.1, -0.05) is 11.6 Å². The van der Waals surface area contributed by atoms with E-state index in [0.29, 0.717) is 29.7 Å². The van der Waals surface area contributed by atoms with Gasteiger partial charge in [0.2, 0.25) is 0 Å². The monoisotopic (exact) mass is 337 g/mol. The second-order valence-corrected chi connectivity index (χ2v) is 5.56. The van der Waals surface area contributed by atoms with E-state index in [1.165, 1.54) is 7.11 Å². The van der Waals surface area contributed by atoms with E-state index in [-0.39, 0.29) is 30.5 Å². The second-order valence-electron chi connectivity index (χ2n) is 5.56. The molecule has 1 aliphatic heterocycles. The highest BCUT2D eigenvalue weighted by molar-refractivity contribution is 5.98. The maximum absolute atomic E-state index is 11.8. The molecule has 0 saturated carbocycles. The Kier molecular flexibility index (Phi) is 6.36. The fourth-order valence-electron chi connectivity index (χ4n) is 2.71. The molecule has 0 atom stereocenters. The molecule has 0 spiro atoms. The first-order chi connectivity index (χ1) is 10.9. The van der Waals surface area contributed by atoms with Crippen molar-refractivity contribution in [3.05, 3.63) is 33.9 Å². The Morgan fingerprint density at radius 1 is 1.38 bits per heavy atom. The number of carbonyl (C=O) groups is 2. The lowest BCUT2D eigenvalue weighted by molar-refractivity contribution is -0.136. The number of phenolic OH excluding ortho intramolecular Hbond substituents is 1. The van der Waals surface area contributed by atoms with Crippen molar-refractivity contribution in [2.45, 2.75) is 39.7 Å². The zero-order valence-electron chi connectivity index (χ0n) is 14.1. The maximum Gasteiger partial charge on any atom is 0.342 e. The maximum atomic E-state index is 11.8. The number of esters is 1. The third-order valence-corrected chi connectivity index (χ3v) is 4.04. The van der Waals surface area contributed by atoms with Crippen LogP contribution in [0.4, 0.5) is 0 Å². The van der Waals surface area contributed by atoms with Crippen LogP contribution in [-0.4, -0.2) is 29.3 Å². The Morgan fingerprint density at radius 2 is 2.04 bits per heavy atom. The highest BCUT2D eigenvalue weighted by Crippen LogP contribution is 2.41. The molecule has 1 aliphatic rings. The van der Waals surface area contributed by atoms with Crippen LogP contribution in [0.5, 0.6) is 11.5 Å². The van der Waals surface area contributed by atoms with Crippen molar-refractivity contribution >= 4 is 11.9 Å². The number of ether oxygens (including phenoxy) is 2. The average molecular weight is 337 g/mol. The Bertz CT molecular complexity index is 693. The van der Waals surface area contributed by atoms with Gasteiger partial charge in [-0.3, -0.25) is 4.79 Å². The summed E-state index contributed by atoms with van der Waals surface area (Å²) in [6.45, 7) is 3.79. The van der Waals surface area contributed by atoms with Crippen LogP contribution in [0.1, 0.15) is 46.8 Å². The molecule has 0 saturated heterocycles. The number of aromatic hydroxyl groups is 1. The quantitative estimate of drug-likeness (QED) is 0.537. The number of carboxylic acid groups (broad SMARTS) is 1. The lowest BCUT2D eigenvalue weighted by Crippen LogP contribution is -2.03. The number of carboxylic acids is 1. The first-order valence-corrected chi connectivity index (χ1v) is 7.32. The molecule has 5 N–H and O–H groups in total. The molecule has 0 unspecified atom stereocenters. The number of carbonyl (C=O) groups excluding carboxylic acids is 1. The molecular formula is C17H23NO6. The Hall–Kier alpha value is -2.54. The summed E-state index contributed by atoms with van der Waals surface area (Å²) in [5.41, 5.74) is 3.04. The molecule has 24 heavy (non-hydrogen) atoms. The minimum absolute atomic E-state index is 0. The van der Waals surface area contributed by atoms with E-state index >= 15 is 0 Å². The average Bonchev–Trinajstić information content (AvgIpc) is 2.89. The molecule has 7 heteroatoms. The number of allylic oxidation sites excluding steroid dienone is 2. The van der Waals surface area contributed by atoms with Gasteiger partial charge in [-0.25, -0.2) is 4.79 Å². The molecule has 132 valence electrons. The molecule has 0 radical (unpaired) electrons. The number of fused-ring (bicyclic) bond motifs is 1. The van der Waals surface area contributed by atoms with Crippen LogP contribution in [0.15, 0.2) is 11.6 Å². The molecule has 0 aliphatic carbocycles. The van der Waals surface area contributed by atoms with E-state index in [2.05, 4.69) is 0 Å². The topological polar surface area (TPSA) is 128 Å². The van der Waals surface area contributed by atoms with E-state index in [1.807, 2.05) is 19.9 Å². The fourth-order valence-corrected chi connectivity index (χ4v) is 2.71. The zero-order valence-corrected chi connectivity index (χ0v) is 14.1. The number of benzene rings is 1. The van der Waals surface area contributed by atoms with Gasteiger partial charge in [0.25, 0.3) is 0 Å². The summed E-state index contributed by atoms with van der Waals surface area (Å²) in [5.74, 6) is -0.973. The van der Waals surface area contributed by atoms with E-state index in [1.54, 1.807) is 0 Å². The van der Waals surface area contributed by atoms with Crippen molar-refractivity contribution in [1.29, 1.82) is 0 Å². The fraction of sp³-hybridized carbons (Fsp3) is 0.412. The van der Waals surface area contributed by atoms with E-state index in [0.717, 1.165) is 11.1 Å². The molecule has 0 aromatic heterocycles. The van der Waals surface area contributed by atoms with E-state index in [9.17, 15) is 14.7 Å². The van der Waals surface area contributed by atoms with Crippen molar-refractivity contribution in [1.82, 2.24) is 6.15 Å². The summed E-state index contributed by atoms with van der Waals surface area (Å²) in [4.78, 5) is 22.4. The summed E-state index contributed by atoms with van der Waals surface area (Å²) in [7, 11) is 1.51. The molecule has 0 fully saturated rings. The second kappa shape index (κ2) is 7.83. The highest BCUT2D eigenvalue weighted by Gasteiger charge is 2.31. The molecule has 1 aromatic rings. The molecule has 0 bridgehead atoms. The SMILES string of the molecule is COc1c(C)c2c(c(O)c1C/C=C(\C)CCC(=O)O)C(=O)OC2.N. The number of hydrogen-bond donors (Lipinski definition) is 3. The first-order valence-electron chi connectivity index (χ1n) is 7.32. The van der Waals surface area contributed by atoms with Gasteiger partial charge in [0, 0.05) is 17.5 Å². The first kappa shape index (κ1) is 19.5. The van der Waals surface area contributed by atoms with Gasteiger partial charge in [-0.05, 0) is 32.3 Å². The van der Waals surface area contributed by atoms with Crippen LogP contribution < -0.4 is 10.9 Å². The van der Waals surface area contributed by atoms with Crippen LogP contribution in [0, 0.1) is 6.92 Å². The lowest BCUT2D eigenvalue weighted by atomic mass is 9.94. The number of cyclic esters (lactones) is 1. The normalized spacial score (nSPS) is 13.1. The molecule has 0 amide bonds. The van der Waals surface area contributed by atoms with Crippen molar-refractivity contribution in [2.24, 2.45) is 0 Å². The van der Waals surface area contributed by atoms with Gasteiger partial charge < -0.3 is 25.8 Å². The Morgan fingerprint density at radius 3 is 2.62 bits per heavy atom. The molecule has 1 aromatic carbocycles. The van der Waals surface area contributed by atoms with Gasteiger partial charge in [-0.2, -0.15) is 0 Å². The summed E-state index contributed by atoms with van der Waals surface area (Å²) >= 11 is 0. The third kappa shape index (κ3) is 3.68. The van der Waals surface area contributed by atoms with Crippen LogP contribution in [0.25, 0.3) is 0 Å². The Balaban J connectivity index is 0.00000288. The number of phenols is 1. The highest BCUT2D eigenvalue weighted by atomic mass is 16.5. The molecule has 7 nitrogen and oxygen atoms in total. The lowest BCUT2D eigenvalue weighted by Gasteiger charge is -2.15. The summed E-state index contributed by atoms with van der Waals surface area (Å²) < 4.78 is 10.4. The van der Waals surface area contributed by atoms with Crippen LogP contribution >= 0.6 is 0 Å². The molecular weight excluding hydrogens is 314 g/mol. The van der Waals surface area contributed by atoms with Crippen molar-refractivity contribution in [3.63, 3.8) is 0 Å². The number of aliphatic carboxylic acids is 1. The van der Waals surface area contributed by atoms with Gasteiger partial charge in [0.05, 0.1) is 7.11 Å². The van der Waals surface area contributed by atoms with Crippen LogP contribution in [0.2, 0.25) is 0 Å². The van der Waals surface area contributed by atoms with Crippen LogP contribution in [0.3, 0.4) is 0 Å². The summed E-state index contributed by atoms with van der Waals surface area (Å²) in [6.07, 6.45) is 2.68.